The molecule has 1 atom stereocenters. The summed E-state index contributed by atoms with van der Waals surface area (Å²) >= 11 is 0. The van der Waals surface area contributed by atoms with Crippen LogP contribution in [-0.2, 0) is 16.1 Å². The van der Waals surface area contributed by atoms with E-state index in [1.807, 2.05) is 24.2 Å². The Morgan fingerprint density at radius 2 is 1.87 bits per heavy atom. The molecule has 4 rings (SSSR count). The summed E-state index contributed by atoms with van der Waals surface area (Å²) in [6.07, 6.45) is 12.0. The van der Waals surface area contributed by atoms with Crippen molar-refractivity contribution >= 4 is 17.8 Å². The molecule has 30 heavy (non-hydrogen) atoms. The van der Waals surface area contributed by atoms with Crippen LogP contribution in [0.1, 0.15) is 63.6 Å². The molecular weight excluding hydrogens is 382 g/mol. The van der Waals surface area contributed by atoms with Crippen LogP contribution >= 0.6 is 0 Å². The van der Waals surface area contributed by atoms with Crippen LogP contribution in [0.4, 0.5) is 4.79 Å². The molecule has 3 aliphatic rings. The summed E-state index contributed by atoms with van der Waals surface area (Å²) in [7, 11) is 0. The van der Waals surface area contributed by atoms with Crippen LogP contribution in [0.3, 0.4) is 0 Å². The van der Waals surface area contributed by atoms with Gasteiger partial charge >= 0.3 is 6.03 Å². The molecule has 8 heteroatoms. The van der Waals surface area contributed by atoms with Crippen LogP contribution in [0.15, 0.2) is 12.4 Å². The van der Waals surface area contributed by atoms with Crippen molar-refractivity contribution in [3.8, 4) is 0 Å². The molecule has 1 N–H and O–H groups in total. The van der Waals surface area contributed by atoms with Gasteiger partial charge in [-0.3, -0.25) is 14.5 Å². The third-order valence-corrected chi connectivity index (χ3v) is 7.04. The number of hydrogen-bond acceptors (Lipinski definition) is 4. The van der Waals surface area contributed by atoms with Gasteiger partial charge in [0, 0.05) is 38.1 Å². The van der Waals surface area contributed by atoms with Crippen LogP contribution < -0.4 is 5.32 Å². The summed E-state index contributed by atoms with van der Waals surface area (Å²) in [5.41, 5.74) is 0. The number of urea groups is 1. The lowest BCUT2D eigenvalue weighted by Crippen LogP contribution is -2.44. The fourth-order valence-corrected chi connectivity index (χ4v) is 5.11. The molecule has 2 saturated heterocycles. The predicted molar refractivity (Wildman–Crippen MR) is 112 cm³/mol. The molecule has 1 saturated carbocycles. The van der Waals surface area contributed by atoms with Crippen molar-refractivity contribution < 1.29 is 14.4 Å². The minimum Gasteiger partial charge on any atom is -0.343 e. The maximum absolute atomic E-state index is 12.8. The van der Waals surface area contributed by atoms with E-state index >= 15 is 0 Å². The Kier molecular flexibility index (Phi) is 6.39. The third kappa shape index (κ3) is 4.52. The van der Waals surface area contributed by atoms with E-state index in [0.717, 1.165) is 70.4 Å². The molecule has 164 valence electrons. The first-order valence-corrected chi connectivity index (χ1v) is 11.4. The number of hydrogen-bond donors (Lipinski definition) is 1. The number of imide groups is 1. The number of aryl methyl sites for hydroxylation is 2. The van der Waals surface area contributed by atoms with Gasteiger partial charge in [0.15, 0.2) is 0 Å². The van der Waals surface area contributed by atoms with E-state index in [1.165, 1.54) is 11.3 Å². The Bertz CT molecular complexity index is 777. The van der Waals surface area contributed by atoms with E-state index in [-0.39, 0.29) is 30.3 Å². The summed E-state index contributed by atoms with van der Waals surface area (Å²) in [4.78, 5) is 45.4. The van der Waals surface area contributed by atoms with Crippen molar-refractivity contribution in [2.75, 3.05) is 13.1 Å². The largest absolute Gasteiger partial charge is 0.343 e. The second-order valence-electron chi connectivity index (χ2n) is 8.99. The first-order valence-electron chi connectivity index (χ1n) is 11.4. The SMILES string of the molecule is Cc1nccn1CCC1CCN(C(=O)CC2NC(=O)N(C3CCCCC3)C2=O)CC1. The Labute approximate surface area is 178 Å². The Morgan fingerprint density at radius 3 is 2.53 bits per heavy atom. The lowest BCUT2D eigenvalue weighted by molar-refractivity contribution is -0.137. The number of imidazole rings is 1. The van der Waals surface area contributed by atoms with Gasteiger partial charge in [0.2, 0.25) is 5.91 Å². The van der Waals surface area contributed by atoms with Crippen LogP contribution in [0.2, 0.25) is 0 Å². The molecule has 0 spiro atoms. The highest BCUT2D eigenvalue weighted by Crippen LogP contribution is 2.27. The molecule has 1 unspecified atom stereocenters. The van der Waals surface area contributed by atoms with Crippen LogP contribution in [-0.4, -0.2) is 62.4 Å². The zero-order valence-corrected chi connectivity index (χ0v) is 17.9. The van der Waals surface area contributed by atoms with Gasteiger partial charge in [-0.25, -0.2) is 9.78 Å². The molecule has 4 amide bonds. The molecule has 3 fully saturated rings. The van der Waals surface area contributed by atoms with E-state index in [0.29, 0.717) is 5.92 Å². The Hall–Kier alpha value is -2.38. The summed E-state index contributed by atoms with van der Waals surface area (Å²) < 4.78 is 2.17. The number of nitrogens with zero attached hydrogens (tertiary/aromatic N) is 4. The molecule has 0 aromatic carbocycles. The highest BCUT2D eigenvalue weighted by Gasteiger charge is 2.43. The number of carbonyl (C=O) groups excluding carboxylic acids is 3. The monoisotopic (exact) mass is 415 g/mol. The quantitative estimate of drug-likeness (QED) is 0.723. The second kappa shape index (κ2) is 9.18. The number of amides is 4. The van der Waals surface area contributed by atoms with Gasteiger partial charge in [0.05, 0.1) is 6.42 Å². The molecule has 0 bridgehead atoms. The van der Waals surface area contributed by atoms with Crippen molar-refractivity contribution in [3.05, 3.63) is 18.2 Å². The zero-order valence-electron chi connectivity index (χ0n) is 17.9. The molecule has 3 heterocycles. The van der Waals surface area contributed by atoms with Crippen molar-refractivity contribution in [2.45, 2.75) is 83.3 Å². The van der Waals surface area contributed by atoms with E-state index < -0.39 is 6.04 Å². The van der Waals surface area contributed by atoms with Gasteiger partial charge in [-0.2, -0.15) is 0 Å². The van der Waals surface area contributed by atoms with Crippen LogP contribution in [0, 0.1) is 12.8 Å². The number of aromatic nitrogens is 2. The van der Waals surface area contributed by atoms with Gasteiger partial charge in [0.25, 0.3) is 5.91 Å². The highest BCUT2D eigenvalue weighted by molar-refractivity contribution is 6.06. The topological polar surface area (TPSA) is 87.5 Å². The van der Waals surface area contributed by atoms with Crippen LogP contribution in [0.25, 0.3) is 0 Å². The highest BCUT2D eigenvalue weighted by atomic mass is 16.2. The number of nitrogens with one attached hydrogen (secondary N) is 1. The summed E-state index contributed by atoms with van der Waals surface area (Å²) in [5, 5.41) is 2.75. The molecule has 1 aromatic heterocycles. The van der Waals surface area contributed by atoms with E-state index in [4.69, 9.17) is 0 Å². The molecule has 1 aliphatic carbocycles. The average molecular weight is 416 g/mol. The molecular formula is C22H33N5O3. The third-order valence-electron chi connectivity index (χ3n) is 7.04. The number of piperidine rings is 1. The summed E-state index contributed by atoms with van der Waals surface area (Å²) in [6.45, 7) is 4.44. The predicted octanol–water partition coefficient (Wildman–Crippen LogP) is 2.46. The Balaban J connectivity index is 1.23. The van der Waals surface area contributed by atoms with Crippen molar-refractivity contribution in [1.29, 1.82) is 0 Å². The fourth-order valence-electron chi connectivity index (χ4n) is 5.11. The minimum atomic E-state index is -0.700. The summed E-state index contributed by atoms with van der Waals surface area (Å²) in [5.74, 6) is 1.40. The van der Waals surface area contributed by atoms with Crippen molar-refractivity contribution in [1.82, 2.24) is 24.7 Å². The molecule has 0 radical (unpaired) electrons. The summed E-state index contributed by atoms with van der Waals surface area (Å²) in [6, 6.07) is -1.02. The van der Waals surface area contributed by atoms with Gasteiger partial charge in [-0.1, -0.05) is 19.3 Å². The van der Waals surface area contributed by atoms with E-state index in [2.05, 4.69) is 14.9 Å². The molecule has 8 nitrogen and oxygen atoms in total. The Morgan fingerprint density at radius 1 is 1.13 bits per heavy atom. The van der Waals surface area contributed by atoms with E-state index in [1.54, 1.807) is 0 Å². The maximum Gasteiger partial charge on any atom is 0.325 e. The van der Waals surface area contributed by atoms with Crippen molar-refractivity contribution in [3.63, 3.8) is 0 Å². The average Bonchev–Trinajstić information content (AvgIpc) is 3.29. The van der Waals surface area contributed by atoms with Crippen LogP contribution in [0.5, 0.6) is 0 Å². The van der Waals surface area contributed by atoms with E-state index in [9.17, 15) is 14.4 Å². The lowest BCUT2D eigenvalue weighted by Gasteiger charge is -2.32. The minimum absolute atomic E-state index is 0.00114. The van der Waals surface area contributed by atoms with Gasteiger partial charge < -0.3 is 14.8 Å². The smallest absolute Gasteiger partial charge is 0.325 e. The first-order chi connectivity index (χ1) is 14.5. The van der Waals surface area contributed by atoms with Gasteiger partial charge in [-0.05, 0) is 44.9 Å². The molecule has 2 aliphatic heterocycles. The van der Waals surface area contributed by atoms with Gasteiger partial charge in [0.1, 0.15) is 11.9 Å². The maximum atomic E-state index is 12.8. The lowest BCUT2D eigenvalue weighted by atomic mass is 9.93. The number of likely N-dealkylation sites (tertiary alicyclic amines) is 1. The zero-order chi connectivity index (χ0) is 21.1. The standard InChI is InChI=1S/C22H33N5O3/c1-16-23-10-14-25(16)11-7-17-8-12-26(13-9-17)20(28)15-19-21(29)27(22(30)24-19)18-5-3-2-4-6-18/h10,14,17-19H,2-9,11-13,15H2,1H3,(H,24,30). The molecule has 1 aromatic rings. The second-order valence-corrected chi connectivity index (χ2v) is 8.99. The van der Waals surface area contributed by atoms with Gasteiger partial charge in [-0.15, -0.1) is 0 Å². The normalized spacial score (nSPS) is 23.8. The fraction of sp³-hybridized carbons (Fsp3) is 0.727. The van der Waals surface area contributed by atoms with Crippen molar-refractivity contribution in [2.24, 2.45) is 5.92 Å². The number of rotatable bonds is 6. The first kappa shape index (κ1) is 20.9. The number of carbonyl (C=O) groups is 3.